The minimum Gasteiger partial charge on any atom is -0.507 e. The second-order valence-electron chi connectivity index (χ2n) is 7.62. The van der Waals surface area contributed by atoms with Gasteiger partial charge in [-0.3, -0.25) is 9.59 Å². The lowest BCUT2D eigenvalue weighted by Gasteiger charge is -2.26. The highest BCUT2D eigenvalue weighted by Gasteiger charge is 2.46. The van der Waals surface area contributed by atoms with Crippen molar-refractivity contribution in [2.45, 2.75) is 39.2 Å². The molecule has 1 saturated heterocycles. The fraction of sp³-hybridized carbons (Fsp3) is 0.333. The maximum absolute atomic E-state index is 13.0. The first-order valence-electron chi connectivity index (χ1n) is 10.1. The Labute approximate surface area is 170 Å². The highest BCUT2D eigenvalue weighted by Crippen LogP contribution is 2.41. The van der Waals surface area contributed by atoms with E-state index in [0.29, 0.717) is 18.7 Å². The molecule has 0 radical (unpaired) electrons. The lowest BCUT2D eigenvalue weighted by molar-refractivity contribution is -0.139. The number of unbranched alkanes of at least 4 members (excludes halogenated alkanes) is 1. The zero-order valence-electron chi connectivity index (χ0n) is 16.8. The third-order valence-corrected chi connectivity index (χ3v) is 5.74. The van der Waals surface area contributed by atoms with Crippen LogP contribution in [0.15, 0.2) is 48.0 Å². The standard InChI is InChI=1S/C24H25NO4/c1-3-4-12-25-21(18-8-6-5-7-15(18)2)20(23(27)24(25)28)22(26)17-9-10-19-16(14-17)11-13-29-19/h5-10,14,21,26H,3-4,11-13H2,1-2H3/b22-20+. The van der Waals surface area contributed by atoms with Gasteiger partial charge in [0, 0.05) is 18.5 Å². The van der Waals surface area contributed by atoms with Crippen LogP contribution in [0.3, 0.4) is 0 Å². The molecule has 1 atom stereocenters. The van der Waals surface area contributed by atoms with Gasteiger partial charge in [-0.1, -0.05) is 37.6 Å². The second kappa shape index (κ2) is 7.74. The topological polar surface area (TPSA) is 66.8 Å². The first-order chi connectivity index (χ1) is 14.0. The fourth-order valence-corrected chi connectivity index (χ4v) is 4.15. The Balaban J connectivity index is 1.86. The lowest BCUT2D eigenvalue weighted by Crippen LogP contribution is -2.30. The van der Waals surface area contributed by atoms with Gasteiger partial charge in [-0.25, -0.2) is 0 Å². The molecule has 0 aliphatic carbocycles. The molecule has 5 heteroatoms. The van der Waals surface area contributed by atoms with E-state index in [1.54, 1.807) is 11.0 Å². The normalized spacial score (nSPS) is 20.1. The molecule has 29 heavy (non-hydrogen) atoms. The molecule has 0 saturated carbocycles. The number of hydrogen-bond acceptors (Lipinski definition) is 4. The summed E-state index contributed by atoms with van der Waals surface area (Å²) >= 11 is 0. The molecule has 1 amide bonds. The summed E-state index contributed by atoms with van der Waals surface area (Å²) in [5.41, 5.74) is 3.56. The van der Waals surface area contributed by atoms with Gasteiger partial charge in [0.05, 0.1) is 18.2 Å². The average molecular weight is 391 g/mol. The van der Waals surface area contributed by atoms with Crippen molar-refractivity contribution in [3.8, 4) is 5.75 Å². The van der Waals surface area contributed by atoms with Crippen LogP contribution in [0.1, 0.15) is 48.1 Å². The van der Waals surface area contributed by atoms with Gasteiger partial charge in [0.25, 0.3) is 11.7 Å². The molecule has 2 aromatic carbocycles. The van der Waals surface area contributed by atoms with Gasteiger partial charge in [0.2, 0.25) is 0 Å². The number of carbonyl (C=O) groups is 2. The summed E-state index contributed by atoms with van der Waals surface area (Å²) in [5.74, 6) is -0.480. The average Bonchev–Trinajstić information content (AvgIpc) is 3.29. The molecule has 0 bridgehead atoms. The van der Waals surface area contributed by atoms with Crippen molar-refractivity contribution in [3.63, 3.8) is 0 Å². The van der Waals surface area contributed by atoms with Crippen LogP contribution in [-0.4, -0.2) is 34.8 Å². The van der Waals surface area contributed by atoms with Crippen molar-refractivity contribution in [1.29, 1.82) is 0 Å². The van der Waals surface area contributed by atoms with E-state index >= 15 is 0 Å². The predicted octanol–water partition coefficient (Wildman–Crippen LogP) is 4.15. The maximum Gasteiger partial charge on any atom is 0.295 e. The van der Waals surface area contributed by atoms with Crippen molar-refractivity contribution < 1.29 is 19.4 Å². The lowest BCUT2D eigenvalue weighted by atomic mass is 9.92. The molecule has 150 valence electrons. The van der Waals surface area contributed by atoms with E-state index in [1.165, 1.54) is 0 Å². The van der Waals surface area contributed by atoms with E-state index in [1.807, 2.05) is 50.2 Å². The predicted molar refractivity (Wildman–Crippen MR) is 111 cm³/mol. The zero-order chi connectivity index (χ0) is 20.5. The summed E-state index contributed by atoms with van der Waals surface area (Å²) < 4.78 is 5.54. The smallest absolute Gasteiger partial charge is 0.295 e. The van der Waals surface area contributed by atoms with Gasteiger partial charge in [-0.2, -0.15) is 0 Å². The number of carbonyl (C=O) groups excluding carboxylic acids is 2. The van der Waals surface area contributed by atoms with Gasteiger partial charge in [-0.15, -0.1) is 0 Å². The number of likely N-dealkylation sites (tertiary alicyclic amines) is 1. The molecular weight excluding hydrogens is 366 g/mol. The molecule has 4 rings (SSSR count). The number of aryl methyl sites for hydroxylation is 1. The van der Waals surface area contributed by atoms with Crippen LogP contribution < -0.4 is 4.74 Å². The summed E-state index contributed by atoms with van der Waals surface area (Å²) in [6, 6.07) is 12.5. The van der Waals surface area contributed by atoms with Crippen molar-refractivity contribution in [2.75, 3.05) is 13.2 Å². The Morgan fingerprint density at radius 1 is 1.21 bits per heavy atom. The van der Waals surface area contributed by atoms with E-state index < -0.39 is 17.7 Å². The summed E-state index contributed by atoms with van der Waals surface area (Å²) in [7, 11) is 0. The molecule has 1 N–H and O–H groups in total. The number of benzene rings is 2. The maximum atomic E-state index is 13.0. The highest BCUT2D eigenvalue weighted by atomic mass is 16.5. The number of ether oxygens (including phenoxy) is 1. The minimum absolute atomic E-state index is 0.120. The van der Waals surface area contributed by atoms with Gasteiger partial charge >= 0.3 is 0 Å². The van der Waals surface area contributed by atoms with E-state index in [-0.39, 0.29) is 11.3 Å². The Kier molecular flexibility index (Phi) is 5.14. The van der Waals surface area contributed by atoms with Gasteiger partial charge in [0.1, 0.15) is 11.5 Å². The van der Waals surface area contributed by atoms with E-state index in [0.717, 1.165) is 41.7 Å². The van der Waals surface area contributed by atoms with E-state index in [4.69, 9.17) is 4.74 Å². The zero-order valence-corrected chi connectivity index (χ0v) is 16.8. The van der Waals surface area contributed by atoms with Gasteiger partial charge in [-0.05, 0) is 48.2 Å². The van der Waals surface area contributed by atoms with Crippen LogP contribution in [0.2, 0.25) is 0 Å². The Morgan fingerprint density at radius 2 is 2.00 bits per heavy atom. The molecule has 2 aliphatic heterocycles. The largest absolute Gasteiger partial charge is 0.507 e. The number of aliphatic hydroxyl groups is 1. The summed E-state index contributed by atoms with van der Waals surface area (Å²) in [4.78, 5) is 27.4. The van der Waals surface area contributed by atoms with Crippen LogP contribution in [-0.2, 0) is 16.0 Å². The van der Waals surface area contributed by atoms with Crippen molar-refractivity contribution in [2.24, 2.45) is 0 Å². The summed E-state index contributed by atoms with van der Waals surface area (Å²) in [6.45, 7) is 5.10. The summed E-state index contributed by atoms with van der Waals surface area (Å²) in [5, 5.41) is 11.1. The molecule has 5 nitrogen and oxygen atoms in total. The van der Waals surface area contributed by atoms with Crippen LogP contribution >= 0.6 is 0 Å². The first kappa shape index (κ1) is 19.2. The van der Waals surface area contributed by atoms with Crippen LogP contribution in [0, 0.1) is 6.92 Å². The third-order valence-electron chi connectivity index (χ3n) is 5.74. The SMILES string of the molecule is CCCCN1C(=O)C(=O)/C(=C(/O)c2ccc3c(c2)CCO3)C1c1ccccc1C. The summed E-state index contributed by atoms with van der Waals surface area (Å²) in [6.07, 6.45) is 2.47. The number of ketones is 1. The number of rotatable bonds is 5. The minimum atomic E-state index is -0.622. The second-order valence-corrected chi connectivity index (χ2v) is 7.62. The number of nitrogens with zero attached hydrogens (tertiary/aromatic N) is 1. The number of aliphatic hydroxyl groups excluding tert-OH is 1. The molecule has 2 heterocycles. The van der Waals surface area contributed by atoms with Gasteiger partial charge in [0.15, 0.2) is 0 Å². The highest BCUT2D eigenvalue weighted by molar-refractivity contribution is 6.46. The Hall–Kier alpha value is -3.08. The molecule has 1 unspecified atom stereocenters. The van der Waals surface area contributed by atoms with Crippen molar-refractivity contribution in [1.82, 2.24) is 4.90 Å². The third kappa shape index (κ3) is 3.31. The molecule has 0 spiro atoms. The Morgan fingerprint density at radius 3 is 2.76 bits per heavy atom. The number of Topliss-reactive ketones (excluding diaryl/α,β-unsaturated/α-hetero) is 1. The number of hydrogen-bond donors (Lipinski definition) is 1. The van der Waals surface area contributed by atoms with Crippen molar-refractivity contribution in [3.05, 3.63) is 70.3 Å². The Bertz CT molecular complexity index is 1010. The van der Waals surface area contributed by atoms with Crippen LogP contribution in [0.4, 0.5) is 0 Å². The van der Waals surface area contributed by atoms with Crippen molar-refractivity contribution >= 4 is 17.4 Å². The quantitative estimate of drug-likeness (QED) is 0.472. The molecule has 1 fully saturated rings. The van der Waals surface area contributed by atoms with E-state index in [2.05, 4.69) is 0 Å². The number of fused-ring (bicyclic) bond motifs is 1. The number of amides is 1. The molecule has 2 aliphatic rings. The molecule has 2 aromatic rings. The van der Waals surface area contributed by atoms with E-state index in [9.17, 15) is 14.7 Å². The molecule has 0 aromatic heterocycles. The molecular formula is C24H25NO4. The van der Waals surface area contributed by atoms with Crippen LogP contribution in [0.25, 0.3) is 5.76 Å². The first-order valence-corrected chi connectivity index (χ1v) is 10.1. The van der Waals surface area contributed by atoms with Crippen LogP contribution in [0.5, 0.6) is 5.75 Å². The monoisotopic (exact) mass is 391 g/mol. The fourth-order valence-electron chi connectivity index (χ4n) is 4.15. The van der Waals surface area contributed by atoms with Gasteiger partial charge < -0.3 is 14.7 Å².